The molecule has 1 aliphatic heterocycles. The molecule has 0 saturated carbocycles. The summed E-state index contributed by atoms with van der Waals surface area (Å²) in [6.45, 7) is 10.1. The predicted molar refractivity (Wildman–Crippen MR) is 432 cm³/mol. The van der Waals surface area contributed by atoms with Crippen LogP contribution in [0.3, 0.4) is 0 Å². The SMILES string of the molecule is CC(=O)N[C@H](Cc1ccc2ccccc2c1)C(=O)N[C@H](Cc1ccc(Cl)cc1)C(=O)N[C@H](Cc1cccnc1)C(=O)N[C@@H](CO)C(=O)N[C@@H](CCCCNC(=O)c1ccccn1)C(=O)N[C@H](CCCCNC(=O)c1ccc(N)nc1)C(=O)N[C@@H](CC(C)C)C(=O)N[C@@H](CCCCNC(C)C)C(=O)N1CCC[C@H]1C(=O)N[C@H](C)C(N)=O. The van der Waals surface area contributed by atoms with E-state index in [0.717, 1.165) is 10.8 Å². The molecule has 33 heteroatoms. The van der Waals surface area contributed by atoms with Gasteiger partial charge >= 0.3 is 0 Å². The minimum atomic E-state index is -1.84. The maximum absolute atomic E-state index is 15.2. The van der Waals surface area contributed by atoms with Crippen LogP contribution < -0.4 is 75.3 Å². The fourth-order valence-corrected chi connectivity index (χ4v) is 13.1. The highest BCUT2D eigenvalue weighted by Gasteiger charge is 2.40. The van der Waals surface area contributed by atoms with E-state index in [1.165, 1.54) is 61.7 Å². The lowest BCUT2D eigenvalue weighted by atomic mass is 9.99. The van der Waals surface area contributed by atoms with Gasteiger partial charge in [0.15, 0.2) is 0 Å². The molecule has 17 N–H and O–H groups in total. The number of nitrogen functional groups attached to an aromatic ring is 1. The fourth-order valence-electron chi connectivity index (χ4n) is 13.0. The molecule has 0 aliphatic carbocycles. The summed E-state index contributed by atoms with van der Waals surface area (Å²) in [6.07, 6.45) is 7.69. The van der Waals surface area contributed by atoms with Gasteiger partial charge in [-0.15, -0.1) is 0 Å². The number of rotatable bonds is 46. The molecule has 7 rings (SSSR count). The number of aromatic nitrogens is 3. The van der Waals surface area contributed by atoms with Crippen molar-refractivity contribution < 1.29 is 67.4 Å². The van der Waals surface area contributed by atoms with Gasteiger partial charge in [0.25, 0.3) is 11.8 Å². The third-order valence-corrected chi connectivity index (χ3v) is 19.5. The molecule has 1 aliphatic rings. The van der Waals surface area contributed by atoms with Crippen LogP contribution in [0.15, 0.2) is 134 Å². The van der Waals surface area contributed by atoms with Crippen LogP contribution in [0, 0.1) is 5.92 Å². The highest BCUT2D eigenvalue weighted by molar-refractivity contribution is 6.30. The van der Waals surface area contributed by atoms with Gasteiger partial charge in [0.05, 0.1) is 12.2 Å². The van der Waals surface area contributed by atoms with Crippen LogP contribution in [0.1, 0.15) is 156 Å². The van der Waals surface area contributed by atoms with Crippen molar-refractivity contribution in [1.29, 1.82) is 0 Å². The summed E-state index contributed by atoms with van der Waals surface area (Å²) in [5.74, 6) is -9.73. The molecule has 0 unspecified atom stereocenters. The van der Waals surface area contributed by atoms with Gasteiger partial charge in [0.2, 0.25) is 65.0 Å². The lowest BCUT2D eigenvalue weighted by Crippen LogP contribution is -2.61. The first kappa shape index (κ1) is 90.7. The van der Waals surface area contributed by atoms with Crippen molar-refractivity contribution in [2.24, 2.45) is 11.7 Å². The lowest BCUT2D eigenvalue weighted by molar-refractivity contribution is -0.142. The van der Waals surface area contributed by atoms with Crippen LogP contribution in [-0.4, -0.2) is 201 Å². The summed E-state index contributed by atoms with van der Waals surface area (Å²) in [5, 5.41) is 46.7. The number of aliphatic hydroxyl groups excluding tert-OH is 1. The van der Waals surface area contributed by atoms with Crippen molar-refractivity contribution in [2.75, 3.05) is 38.5 Å². The Morgan fingerprint density at radius 2 is 1.04 bits per heavy atom. The summed E-state index contributed by atoms with van der Waals surface area (Å²) in [4.78, 5) is 197. The van der Waals surface area contributed by atoms with Crippen LogP contribution >= 0.6 is 11.6 Å². The summed E-state index contributed by atoms with van der Waals surface area (Å²) in [7, 11) is 0. The van der Waals surface area contributed by atoms with Crippen molar-refractivity contribution >= 4 is 105 Å². The number of aliphatic hydroxyl groups is 1. The normalized spacial score (nSPS) is 14.9. The van der Waals surface area contributed by atoms with Crippen LogP contribution in [0.2, 0.25) is 5.02 Å². The van der Waals surface area contributed by atoms with Crippen molar-refractivity contribution in [3.63, 3.8) is 0 Å². The highest BCUT2D eigenvalue weighted by Crippen LogP contribution is 2.23. The smallest absolute Gasteiger partial charge is 0.269 e. The maximum atomic E-state index is 15.2. The van der Waals surface area contributed by atoms with Crippen LogP contribution in [0.25, 0.3) is 10.8 Å². The Morgan fingerprint density at radius 3 is 1.62 bits per heavy atom. The predicted octanol–water partition coefficient (Wildman–Crippen LogP) is 2.57. The molecule has 3 aromatic heterocycles. The summed E-state index contributed by atoms with van der Waals surface area (Å²) in [5.41, 5.74) is 13.3. The Morgan fingerprint density at radius 1 is 0.513 bits per heavy atom. The lowest BCUT2D eigenvalue weighted by Gasteiger charge is -2.31. The molecule has 4 heterocycles. The first-order valence-corrected chi connectivity index (χ1v) is 39.4. The molecule has 0 bridgehead atoms. The molecule has 0 spiro atoms. The van der Waals surface area contributed by atoms with Crippen LogP contribution in [0.4, 0.5) is 5.82 Å². The number of likely N-dealkylation sites (tertiary alicyclic amines) is 1. The van der Waals surface area contributed by atoms with Gasteiger partial charge in [-0.1, -0.05) is 106 Å². The Labute approximate surface area is 674 Å². The molecular formula is C82H109ClN18O14. The van der Waals surface area contributed by atoms with Crippen molar-refractivity contribution in [1.82, 2.24) is 83.7 Å². The highest BCUT2D eigenvalue weighted by atomic mass is 35.5. The molecule has 1 fully saturated rings. The number of nitrogens with zero attached hydrogens (tertiary/aromatic N) is 4. The van der Waals surface area contributed by atoms with E-state index in [4.69, 9.17) is 23.1 Å². The van der Waals surface area contributed by atoms with Gasteiger partial charge in [-0.25, -0.2) is 4.98 Å². The minimum Gasteiger partial charge on any atom is -0.394 e. The third kappa shape index (κ3) is 30.4. The molecular weight excluding hydrogens is 1500 g/mol. The van der Waals surface area contributed by atoms with Crippen molar-refractivity contribution in [3.05, 3.63) is 167 Å². The number of anilines is 1. The van der Waals surface area contributed by atoms with E-state index >= 15 is 9.59 Å². The minimum absolute atomic E-state index is 0.0219. The molecule has 10 atom stereocenters. The third-order valence-electron chi connectivity index (χ3n) is 19.2. The van der Waals surface area contributed by atoms with Gasteiger partial charge in [0, 0.05) is 81.7 Å². The number of nitrogens with one attached hydrogen (secondary N) is 12. The Bertz CT molecular complexity index is 4260. The van der Waals surface area contributed by atoms with E-state index in [-0.39, 0.29) is 126 Å². The van der Waals surface area contributed by atoms with Gasteiger partial charge in [-0.05, 0) is 166 Å². The van der Waals surface area contributed by atoms with Crippen LogP contribution in [-0.2, 0) is 72.0 Å². The number of benzene rings is 3. The van der Waals surface area contributed by atoms with E-state index in [0.29, 0.717) is 47.5 Å². The summed E-state index contributed by atoms with van der Waals surface area (Å²) < 4.78 is 0. The second kappa shape index (κ2) is 46.6. The van der Waals surface area contributed by atoms with Gasteiger partial charge in [-0.2, -0.15) is 0 Å². The number of hydrogen-bond donors (Lipinski definition) is 15. The number of fused-ring (bicyclic) bond motifs is 1. The average Bonchev–Trinajstić information content (AvgIpc) is 1.74. The zero-order valence-corrected chi connectivity index (χ0v) is 66.6. The molecule has 618 valence electrons. The molecule has 1 saturated heterocycles. The quantitative estimate of drug-likeness (QED) is 0.0244. The molecule has 13 amide bonds. The van der Waals surface area contributed by atoms with E-state index in [9.17, 15) is 57.8 Å². The van der Waals surface area contributed by atoms with Gasteiger partial charge < -0.3 is 85.3 Å². The molecule has 6 aromatic rings. The summed E-state index contributed by atoms with van der Waals surface area (Å²) in [6, 6.07) is 17.2. The number of nitrogens with two attached hydrogens (primary N) is 2. The number of primary amides is 1. The topological polar surface area (TPSA) is 480 Å². The monoisotopic (exact) mass is 1600 g/mol. The summed E-state index contributed by atoms with van der Waals surface area (Å²) >= 11 is 6.27. The Balaban J connectivity index is 1.16. The molecule has 3 aromatic carbocycles. The first-order chi connectivity index (χ1) is 55.0. The van der Waals surface area contributed by atoms with E-state index in [1.807, 2.05) is 70.2 Å². The Hall–Kier alpha value is -11.5. The zero-order valence-electron chi connectivity index (χ0n) is 65.8. The van der Waals surface area contributed by atoms with E-state index in [2.05, 4.69) is 78.8 Å². The zero-order chi connectivity index (χ0) is 83.5. The molecule has 32 nitrogen and oxygen atoms in total. The standard InChI is InChI=1S/C82H109ClN18O14/c1-49(2)41-64(76(109)96-63(25-12-13-36-87-50(3)4)82(115)101-40-18-26-69(101)81(114)92-51(5)71(85)104)97-75(108)62(24-10-15-38-89-72(105)58-31-34-70(84)91-47-58)94-74(107)61(23-11-16-39-90-73(106)60-22-9-14-37-88-60)95-80(113)68(48-102)100-79(112)67(45-55-19-17-35-86-46-55)99-78(111)66(43-53-28-32-59(83)33-29-53)98-77(110)65(93-52(6)103)44-54-27-30-56-20-7-8-21-57(56)42-54/h7-9,14,17,19-22,27-35,37,42,46-47,49-51,61-69,87,102H,10-13,15-16,18,23-26,36,38-41,43-45,48H2,1-6H3,(H2,84,91)(H2,85,104)(H,89,105)(H,90,106)(H,92,114)(H,93,103)(H,94,107)(H,95,113)(H,96,109)(H,97,108)(H,98,110)(H,99,111)(H,100,112)/t51-,61+,62-,63+,64+,65-,66-,67-,68+,69+/m1/s1. The average molecular weight is 1610 g/mol. The van der Waals surface area contributed by atoms with Crippen LogP contribution in [0.5, 0.6) is 0 Å². The maximum Gasteiger partial charge on any atom is 0.269 e. The number of hydrogen-bond acceptors (Lipinski definition) is 19. The molecule has 115 heavy (non-hydrogen) atoms. The number of halogens is 1. The van der Waals surface area contributed by atoms with Gasteiger partial charge in [0.1, 0.15) is 71.9 Å². The second-order valence-corrected chi connectivity index (χ2v) is 29.8. The number of unbranched alkanes of at least 4 members (excludes halogenated alkanes) is 3. The van der Waals surface area contributed by atoms with Gasteiger partial charge in [-0.3, -0.25) is 72.3 Å². The van der Waals surface area contributed by atoms with Crippen molar-refractivity contribution in [3.8, 4) is 0 Å². The van der Waals surface area contributed by atoms with Crippen molar-refractivity contribution in [2.45, 2.75) is 204 Å². The first-order valence-electron chi connectivity index (χ1n) is 39.0. The number of pyridine rings is 3. The fraction of sp³-hybridized carbons (Fsp3) is 0.463. The van der Waals surface area contributed by atoms with E-state index < -0.39 is 144 Å². The number of carbonyl (C=O) groups excluding carboxylic acids is 13. The number of amides is 13. The van der Waals surface area contributed by atoms with E-state index in [1.54, 1.807) is 48.5 Å². The molecule has 0 radical (unpaired) electrons. The largest absolute Gasteiger partial charge is 0.394 e. The Kier molecular flexibility index (Phi) is 36.8. The number of carbonyl (C=O) groups is 13. The second-order valence-electron chi connectivity index (χ2n) is 29.4.